The van der Waals surface area contributed by atoms with Gasteiger partial charge in [0, 0.05) is 30.9 Å². The van der Waals surface area contributed by atoms with Gasteiger partial charge in [-0.2, -0.15) is 0 Å². The van der Waals surface area contributed by atoms with Crippen LogP contribution < -0.4 is 10.1 Å². The van der Waals surface area contributed by atoms with E-state index < -0.39 is 0 Å². The molecule has 122 valence electrons. The molecule has 0 spiro atoms. The maximum atomic E-state index is 12.8. The second-order valence-corrected chi connectivity index (χ2v) is 5.78. The summed E-state index contributed by atoms with van der Waals surface area (Å²) in [4.78, 5) is 16.2. The number of aryl methyl sites for hydroxylation is 1. The SMILES string of the molecule is Cc1cnc(C2CC2)n1CCNC(=O)COc1ccc(F)cc1. The van der Waals surface area contributed by atoms with Crippen molar-refractivity contribution in [2.45, 2.75) is 32.2 Å². The predicted octanol–water partition coefficient (Wildman–Crippen LogP) is 2.40. The minimum Gasteiger partial charge on any atom is -0.484 e. The second-order valence-electron chi connectivity index (χ2n) is 5.78. The average Bonchev–Trinajstić information content (AvgIpc) is 3.32. The van der Waals surface area contributed by atoms with E-state index in [1.165, 1.54) is 37.1 Å². The molecule has 1 fully saturated rings. The minimum atomic E-state index is -0.330. The number of ether oxygens (including phenoxy) is 1. The molecule has 0 unspecified atom stereocenters. The highest BCUT2D eigenvalue weighted by atomic mass is 19.1. The maximum Gasteiger partial charge on any atom is 0.258 e. The molecule has 0 saturated heterocycles. The first kappa shape index (κ1) is 15.5. The molecule has 1 amide bonds. The number of hydrogen-bond acceptors (Lipinski definition) is 3. The van der Waals surface area contributed by atoms with Crippen LogP contribution >= 0.6 is 0 Å². The summed E-state index contributed by atoms with van der Waals surface area (Å²) in [5.41, 5.74) is 1.11. The number of hydrogen-bond donors (Lipinski definition) is 1. The van der Waals surface area contributed by atoms with E-state index in [1.807, 2.05) is 13.1 Å². The van der Waals surface area contributed by atoms with Crippen LogP contribution in [0.15, 0.2) is 30.5 Å². The van der Waals surface area contributed by atoms with Crippen molar-refractivity contribution in [3.05, 3.63) is 47.8 Å². The molecule has 2 aromatic rings. The first-order valence-corrected chi connectivity index (χ1v) is 7.80. The molecule has 1 heterocycles. The van der Waals surface area contributed by atoms with Crippen LogP contribution in [0.1, 0.15) is 30.3 Å². The number of aromatic nitrogens is 2. The predicted molar refractivity (Wildman–Crippen MR) is 83.8 cm³/mol. The van der Waals surface area contributed by atoms with Crippen molar-refractivity contribution in [2.24, 2.45) is 0 Å². The van der Waals surface area contributed by atoms with Crippen LogP contribution in [0.3, 0.4) is 0 Å². The summed E-state index contributed by atoms with van der Waals surface area (Å²) in [7, 11) is 0. The summed E-state index contributed by atoms with van der Waals surface area (Å²) >= 11 is 0. The molecule has 0 atom stereocenters. The minimum absolute atomic E-state index is 0.0793. The first-order valence-electron chi connectivity index (χ1n) is 7.80. The van der Waals surface area contributed by atoms with Crippen LogP contribution in [-0.4, -0.2) is 28.6 Å². The summed E-state index contributed by atoms with van der Waals surface area (Å²) in [6, 6.07) is 5.60. The topological polar surface area (TPSA) is 56.2 Å². The number of carbonyl (C=O) groups is 1. The van der Waals surface area contributed by atoms with Gasteiger partial charge >= 0.3 is 0 Å². The molecule has 0 bridgehead atoms. The van der Waals surface area contributed by atoms with Crippen LogP contribution in [0.4, 0.5) is 4.39 Å². The summed E-state index contributed by atoms with van der Waals surface area (Å²) in [5, 5.41) is 2.83. The Hall–Kier alpha value is -2.37. The Morgan fingerprint density at radius 3 is 2.83 bits per heavy atom. The van der Waals surface area contributed by atoms with Gasteiger partial charge in [-0.1, -0.05) is 0 Å². The van der Waals surface area contributed by atoms with Gasteiger partial charge in [-0.25, -0.2) is 9.37 Å². The summed E-state index contributed by atoms with van der Waals surface area (Å²) in [5.74, 6) is 1.66. The molecule has 1 aromatic heterocycles. The van der Waals surface area contributed by atoms with Gasteiger partial charge in [0.1, 0.15) is 17.4 Å². The molecule has 1 aliphatic carbocycles. The lowest BCUT2D eigenvalue weighted by molar-refractivity contribution is -0.123. The van der Waals surface area contributed by atoms with E-state index in [1.54, 1.807) is 0 Å². The summed E-state index contributed by atoms with van der Waals surface area (Å²) in [6.45, 7) is 3.19. The molecule has 1 saturated carbocycles. The van der Waals surface area contributed by atoms with Crippen molar-refractivity contribution >= 4 is 5.91 Å². The van der Waals surface area contributed by atoms with Crippen molar-refractivity contribution in [1.29, 1.82) is 0 Å². The van der Waals surface area contributed by atoms with Crippen LogP contribution in [-0.2, 0) is 11.3 Å². The van der Waals surface area contributed by atoms with Crippen LogP contribution in [0.25, 0.3) is 0 Å². The molecule has 5 nitrogen and oxygen atoms in total. The highest BCUT2D eigenvalue weighted by Gasteiger charge is 2.28. The zero-order valence-corrected chi connectivity index (χ0v) is 13.1. The second kappa shape index (κ2) is 6.81. The molecule has 0 radical (unpaired) electrons. The number of halogens is 1. The lowest BCUT2D eigenvalue weighted by atomic mass is 10.3. The highest BCUT2D eigenvalue weighted by Crippen LogP contribution is 2.39. The third-order valence-corrected chi connectivity index (χ3v) is 3.87. The molecule has 1 N–H and O–H groups in total. The van der Waals surface area contributed by atoms with E-state index >= 15 is 0 Å². The first-order chi connectivity index (χ1) is 11.1. The fourth-order valence-corrected chi connectivity index (χ4v) is 2.48. The normalized spacial score (nSPS) is 13.8. The molecule has 6 heteroatoms. The van der Waals surface area contributed by atoms with Crippen molar-refractivity contribution in [2.75, 3.05) is 13.2 Å². The van der Waals surface area contributed by atoms with Crippen LogP contribution in [0.5, 0.6) is 5.75 Å². The molecule has 1 aromatic carbocycles. The van der Waals surface area contributed by atoms with E-state index in [0.717, 1.165) is 11.5 Å². The van der Waals surface area contributed by atoms with Crippen molar-refractivity contribution < 1.29 is 13.9 Å². The zero-order valence-electron chi connectivity index (χ0n) is 13.1. The summed E-state index contributed by atoms with van der Waals surface area (Å²) < 4.78 is 20.2. The Bertz CT molecular complexity index is 678. The van der Waals surface area contributed by atoms with Gasteiger partial charge in [0.15, 0.2) is 6.61 Å². The van der Waals surface area contributed by atoms with E-state index in [4.69, 9.17) is 4.74 Å². The lowest BCUT2D eigenvalue weighted by Gasteiger charge is -2.11. The molecular weight excluding hydrogens is 297 g/mol. The molecular formula is C17H20FN3O2. The van der Waals surface area contributed by atoms with E-state index in [9.17, 15) is 9.18 Å². The Labute approximate surface area is 134 Å². The van der Waals surface area contributed by atoms with Gasteiger partial charge in [0.2, 0.25) is 0 Å². The number of rotatable bonds is 7. The Morgan fingerprint density at radius 2 is 2.13 bits per heavy atom. The van der Waals surface area contributed by atoms with Crippen molar-refractivity contribution in [1.82, 2.24) is 14.9 Å². The van der Waals surface area contributed by atoms with Gasteiger partial charge in [0.25, 0.3) is 5.91 Å². The number of nitrogens with one attached hydrogen (secondary N) is 1. The monoisotopic (exact) mass is 317 g/mol. The third kappa shape index (κ3) is 4.09. The van der Waals surface area contributed by atoms with Crippen LogP contribution in [0, 0.1) is 12.7 Å². The zero-order chi connectivity index (χ0) is 16.2. The summed E-state index contributed by atoms with van der Waals surface area (Å²) in [6.07, 6.45) is 4.29. The smallest absolute Gasteiger partial charge is 0.258 e. The van der Waals surface area contributed by atoms with Crippen molar-refractivity contribution in [3.63, 3.8) is 0 Å². The number of carbonyl (C=O) groups excluding carboxylic acids is 1. The maximum absolute atomic E-state index is 12.8. The van der Waals surface area contributed by atoms with Gasteiger partial charge in [-0.05, 0) is 44.0 Å². The lowest BCUT2D eigenvalue weighted by Crippen LogP contribution is -2.32. The Morgan fingerprint density at radius 1 is 1.39 bits per heavy atom. The highest BCUT2D eigenvalue weighted by molar-refractivity contribution is 5.77. The standard InChI is InChI=1S/C17H20FN3O2/c1-12-10-20-17(13-2-3-13)21(12)9-8-19-16(22)11-23-15-6-4-14(18)5-7-15/h4-7,10,13H,2-3,8-9,11H2,1H3,(H,19,22). The Balaban J connectivity index is 1.42. The Kier molecular flexibility index (Phi) is 4.60. The van der Waals surface area contributed by atoms with Crippen LogP contribution in [0.2, 0.25) is 0 Å². The molecule has 23 heavy (non-hydrogen) atoms. The number of benzene rings is 1. The van der Waals surface area contributed by atoms with E-state index in [-0.39, 0.29) is 18.3 Å². The molecule has 0 aliphatic heterocycles. The van der Waals surface area contributed by atoms with Crippen molar-refractivity contribution in [3.8, 4) is 5.75 Å². The fraction of sp³-hybridized carbons (Fsp3) is 0.412. The van der Waals surface area contributed by atoms with Gasteiger partial charge in [0.05, 0.1) is 0 Å². The number of amides is 1. The largest absolute Gasteiger partial charge is 0.484 e. The van der Waals surface area contributed by atoms with Gasteiger partial charge in [-0.3, -0.25) is 4.79 Å². The quantitative estimate of drug-likeness (QED) is 0.853. The van der Waals surface area contributed by atoms with E-state index in [2.05, 4.69) is 14.9 Å². The third-order valence-electron chi connectivity index (χ3n) is 3.87. The average molecular weight is 317 g/mol. The molecule has 3 rings (SSSR count). The number of imidazole rings is 1. The van der Waals surface area contributed by atoms with Gasteiger partial charge in [-0.15, -0.1) is 0 Å². The van der Waals surface area contributed by atoms with E-state index in [0.29, 0.717) is 24.8 Å². The number of nitrogens with zero attached hydrogens (tertiary/aromatic N) is 2. The fourth-order valence-electron chi connectivity index (χ4n) is 2.48. The van der Waals surface area contributed by atoms with Gasteiger partial charge < -0.3 is 14.6 Å². The molecule has 1 aliphatic rings.